The molecule has 0 heterocycles. The molecule has 0 aromatic heterocycles. The fourth-order valence-corrected chi connectivity index (χ4v) is 4.46. The van der Waals surface area contributed by atoms with Gasteiger partial charge in [0, 0.05) is 44.0 Å². The molecule has 5 amide bonds. The van der Waals surface area contributed by atoms with Crippen LogP contribution in [0.2, 0.25) is 0 Å². The molecule has 2 aromatic rings. The number of benzene rings is 2. The van der Waals surface area contributed by atoms with Gasteiger partial charge in [0.2, 0.25) is 5.91 Å². The standard InChI is InChI=1S/C31H45N5O6/c1-20(2)35(15-16-36(21(3)4)31(41)34(7)23(6)17-29(38)39)28(37)19-24-13-14-26(27(18-24)42-8)33-30(40)32-25-12-10-9-11-22(25)5/h9-14,18,20-21,23H,15-17,19H2,1-8H3,(H,38,39)(H2,32,33,40). The van der Waals surface area contributed by atoms with Gasteiger partial charge in [-0.25, -0.2) is 9.59 Å². The molecule has 0 saturated heterocycles. The number of carboxylic acid groups (broad SMARTS) is 1. The smallest absolute Gasteiger partial charge is 0.323 e. The van der Waals surface area contributed by atoms with Crippen molar-refractivity contribution in [2.75, 3.05) is 37.9 Å². The van der Waals surface area contributed by atoms with Gasteiger partial charge in [-0.05, 0) is 70.9 Å². The lowest BCUT2D eigenvalue weighted by Crippen LogP contribution is -2.51. The van der Waals surface area contributed by atoms with Gasteiger partial charge in [-0.1, -0.05) is 24.3 Å². The maximum atomic E-state index is 13.4. The van der Waals surface area contributed by atoms with Crippen molar-refractivity contribution in [2.24, 2.45) is 0 Å². The molecule has 1 unspecified atom stereocenters. The number of nitrogens with zero attached hydrogens (tertiary/aromatic N) is 3. The highest BCUT2D eigenvalue weighted by Crippen LogP contribution is 2.27. The van der Waals surface area contributed by atoms with Crippen LogP contribution < -0.4 is 15.4 Å². The monoisotopic (exact) mass is 583 g/mol. The molecule has 2 rings (SSSR count). The topological polar surface area (TPSA) is 132 Å². The van der Waals surface area contributed by atoms with Crippen molar-refractivity contribution in [3.8, 4) is 5.75 Å². The van der Waals surface area contributed by atoms with Crippen LogP contribution in [0, 0.1) is 6.92 Å². The summed E-state index contributed by atoms with van der Waals surface area (Å²) in [7, 11) is 3.09. The van der Waals surface area contributed by atoms with Gasteiger partial charge in [-0.3, -0.25) is 9.59 Å². The Labute approximate surface area is 248 Å². The van der Waals surface area contributed by atoms with E-state index in [1.165, 1.54) is 12.0 Å². The molecular formula is C31H45N5O6. The number of carbonyl (C=O) groups excluding carboxylic acids is 3. The third-order valence-electron chi connectivity index (χ3n) is 7.09. The number of carboxylic acids is 1. The lowest BCUT2D eigenvalue weighted by molar-refractivity contribution is -0.138. The van der Waals surface area contributed by atoms with Crippen LogP contribution in [0.3, 0.4) is 0 Å². The van der Waals surface area contributed by atoms with Gasteiger partial charge >= 0.3 is 18.0 Å². The van der Waals surface area contributed by atoms with Crippen molar-refractivity contribution in [1.29, 1.82) is 0 Å². The number of urea groups is 2. The first-order valence-electron chi connectivity index (χ1n) is 14.1. The predicted octanol–water partition coefficient (Wildman–Crippen LogP) is 5.05. The molecule has 0 fully saturated rings. The highest BCUT2D eigenvalue weighted by molar-refractivity contribution is 6.01. The van der Waals surface area contributed by atoms with Crippen LogP contribution in [0.1, 0.15) is 52.2 Å². The van der Waals surface area contributed by atoms with Gasteiger partial charge in [0.1, 0.15) is 5.75 Å². The number of ether oxygens (including phenoxy) is 1. The second-order valence-electron chi connectivity index (χ2n) is 10.9. The van der Waals surface area contributed by atoms with Crippen molar-refractivity contribution in [2.45, 2.75) is 72.5 Å². The molecule has 0 bridgehead atoms. The maximum Gasteiger partial charge on any atom is 0.323 e. The summed E-state index contributed by atoms with van der Waals surface area (Å²) in [6.07, 6.45) is -0.0463. The predicted molar refractivity (Wildman–Crippen MR) is 164 cm³/mol. The van der Waals surface area contributed by atoms with Gasteiger partial charge < -0.3 is 35.2 Å². The van der Waals surface area contributed by atoms with Crippen molar-refractivity contribution in [1.82, 2.24) is 14.7 Å². The molecule has 3 N–H and O–H groups in total. The molecule has 0 aliphatic rings. The Bertz CT molecular complexity index is 1250. The van der Waals surface area contributed by atoms with E-state index in [1.54, 1.807) is 42.0 Å². The summed E-state index contributed by atoms with van der Waals surface area (Å²) in [4.78, 5) is 55.0. The Balaban J connectivity index is 2.09. The summed E-state index contributed by atoms with van der Waals surface area (Å²) in [6, 6.07) is 11.2. The van der Waals surface area contributed by atoms with Crippen molar-refractivity contribution < 1.29 is 29.0 Å². The van der Waals surface area contributed by atoms with Crippen LogP contribution in [0.5, 0.6) is 5.75 Å². The maximum absolute atomic E-state index is 13.4. The first kappa shape index (κ1) is 33.9. The van der Waals surface area contributed by atoms with Crippen LogP contribution >= 0.6 is 0 Å². The molecule has 0 spiro atoms. The summed E-state index contributed by atoms with van der Waals surface area (Å²) < 4.78 is 5.49. The number of hydrogen-bond acceptors (Lipinski definition) is 5. The van der Waals surface area contributed by atoms with E-state index in [9.17, 15) is 19.2 Å². The first-order chi connectivity index (χ1) is 19.7. The minimum absolute atomic E-state index is 0.107. The summed E-state index contributed by atoms with van der Waals surface area (Å²) >= 11 is 0. The Morgan fingerprint density at radius 3 is 2.05 bits per heavy atom. The quantitative estimate of drug-likeness (QED) is 0.302. The molecule has 230 valence electrons. The van der Waals surface area contributed by atoms with E-state index in [4.69, 9.17) is 9.84 Å². The zero-order valence-corrected chi connectivity index (χ0v) is 25.9. The number of aryl methyl sites for hydroxylation is 1. The Kier molecular flexibility index (Phi) is 12.6. The van der Waals surface area contributed by atoms with Crippen LogP contribution in [0.4, 0.5) is 21.0 Å². The molecule has 42 heavy (non-hydrogen) atoms. The van der Waals surface area contributed by atoms with E-state index < -0.39 is 18.0 Å². The first-order valence-corrected chi connectivity index (χ1v) is 14.1. The average Bonchev–Trinajstić information content (AvgIpc) is 2.91. The highest BCUT2D eigenvalue weighted by atomic mass is 16.5. The van der Waals surface area contributed by atoms with Crippen molar-refractivity contribution >= 4 is 35.3 Å². The number of aliphatic carboxylic acids is 1. The minimum Gasteiger partial charge on any atom is -0.495 e. The molecule has 11 heteroatoms. The van der Waals surface area contributed by atoms with Gasteiger partial charge in [0.25, 0.3) is 0 Å². The fourth-order valence-electron chi connectivity index (χ4n) is 4.46. The van der Waals surface area contributed by atoms with Gasteiger partial charge in [-0.2, -0.15) is 0 Å². The molecular weight excluding hydrogens is 538 g/mol. The van der Waals surface area contributed by atoms with Crippen molar-refractivity contribution in [3.63, 3.8) is 0 Å². The van der Waals surface area contributed by atoms with E-state index in [0.29, 0.717) is 35.8 Å². The van der Waals surface area contributed by atoms with Crippen LogP contribution in [0.25, 0.3) is 0 Å². The molecule has 0 saturated carbocycles. The van der Waals surface area contributed by atoms with Gasteiger partial charge in [-0.15, -0.1) is 0 Å². The van der Waals surface area contributed by atoms with Crippen LogP contribution in [-0.2, 0) is 16.0 Å². The minimum atomic E-state index is -0.971. The number of rotatable bonds is 13. The molecule has 1 atom stereocenters. The van der Waals surface area contributed by atoms with Crippen LogP contribution in [-0.4, -0.2) is 89.1 Å². The zero-order valence-electron chi connectivity index (χ0n) is 25.9. The normalized spacial score (nSPS) is 11.6. The Morgan fingerprint density at radius 2 is 1.48 bits per heavy atom. The zero-order chi connectivity index (χ0) is 31.6. The summed E-state index contributed by atoms with van der Waals surface area (Å²) in [5.41, 5.74) is 2.81. The Morgan fingerprint density at radius 1 is 0.881 bits per heavy atom. The fraction of sp³-hybridized carbons (Fsp3) is 0.484. The number of para-hydroxylation sites is 1. The van der Waals surface area contributed by atoms with E-state index in [-0.39, 0.29) is 36.9 Å². The number of anilines is 2. The lowest BCUT2D eigenvalue weighted by atomic mass is 10.1. The summed E-state index contributed by atoms with van der Waals surface area (Å²) in [5, 5.41) is 14.7. The van der Waals surface area contributed by atoms with E-state index in [1.807, 2.05) is 58.9 Å². The average molecular weight is 584 g/mol. The number of carbonyl (C=O) groups is 4. The van der Waals surface area contributed by atoms with E-state index in [0.717, 1.165) is 5.56 Å². The molecule has 0 aliphatic carbocycles. The van der Waals surface area contributed by atoms with Crippen LogP contribution in [0.15, 0.2) is 42.5 Å². The molecule has 0 radical (unpaired) electrons. The third kappa shape index (κ3) is 9.67. The molecule has 11 nitrogen and oxygen atoms in total. The number of hydrogen-bond donors (Lipinski definition) is 3. The van der Waals surface area contributed by atoms with E-state index in [2.05, 4.69) is 10.6 Å². The SMILES string of the molecule is COc1cc(CC(=O)N(CCN(C(=O)N(C)C(C)CC(=O)O)C(C)C)C(C)C)ccc1NC(=O)Nc1ccccc1C. The lowest BCUT2D eigenvalue weighted by Gasteiger charge is -2.36. The molecule has 0 aliphatic heterocycles. The second-order valence-corrected chi connectivity index (χ2v) is 10.9. The Hall–Kier alpha value is -4.28. The van der Waals surface area contributed by atoms with Gasteiger partial charge in [0.05, 0.1) is 25.6 Å². The number of methoxy groups -OCH3 is 1. The second kappa shape index (κ2) is 15.6. The highest BCUT2D eigenvalue weighted by Gasteiger charge is 2.27. The third-order valence-corrected chi connectivity index (χ3v) is 7.09. The molecule has 2 aromatic carbocycles. The largest absolute Gasteiger partial charge is 0.495 e. The summed E-state index contributed by atoms with van der Waals surface area (Å²) in [6.45, 7) is 11.8. The number of amides is 5. The van der Waals surface area contributed by atoms with E-state index >= 15 is 0 Å². The van der Waals surface area contributed by atoms with Gasteiger partial charge in [0.15, 0.2) is 0 Å². The van der Waals surface area contributed by atoms with Crippen molar-refractivity contribution in [3.05, 3.63) is 53.6 Å². The number of nitrogens with one attached hydrogen (secondary N) is 2. The summed E-state index contributed by atoms with van der Waals surface area (Å²) in [5.74, 6) is -0.666.